The third-order valence-electron chi connectivity index (χ3n) is 3.06. The van der Waals surface area contributed by atoms with Gasteiger partial charge in [0, 0.05) is 12.1 Å². The molecule has 0 heterocycles. The second-order valence-electron chi connectivity index (χ2n) is 4.40. The Morgan fingerprint density at radius 3 is 2.69 bits per heavy atom. The zero-order valence-electron chi connectivity index (χ0n) is 9.40. The van der Waals surface area contributed by atoms with Gasteiger partial charge in [-0.15, -0.1) is 0 Å². The van der Waals surface area contributed by atoms with Gasteiger partial charge in [-0.3, -0.25) is 10.1 Å². The molecule has 0 unspecified atom stereocenters. The number of rotatable bonds is 3. The summed E-state index contributed by atoms with van der Waals surface area (Å²) in [6, 6.07) is 5.74. The summed E-state index contributed by atoms with van der Waals surface area (Å²) in [5.74, 6) is 0. The molecule has 4 nitrogen and oxygen atoms in total. The Morgan fingerprint density at radius 2 is 2.06 bits per heavy atom. The molecule has 1 aliphatic carbocycles. The molecule has 0 spiro atoms. The van der Waals surface area contributed by atoms with Crippen molar-refractivity contribution < 1.29 is 4.92 Å². The van der Waals surface area contributed by atoms with Crippen LogP contribution in [0.2, 0.25) is 0 Å². The van der Waals surface area contributed by atoms with Crippen LogP contribution in [-0.4, -0.2) is 11.0 Å². The molecule has 1 fully saturated rings. The van der Waals surface area contributed by atoms with Crippen molar-refractivity contribution in [1.29, 1.82) is 0 Å². The van der Waals surface area contributed by atoms with Gasteiger partial charge in [-0.2, -0.15) is 0 Å². The predicted molar refractivity (Wildman–Crippen MR) is 63.7 cm³/mol. The van der Waals surface area contributed by atoms with Gasteiger partial charge >= 0.3 is 0 Å². The van der Waals surface area contributed by atoms with Crippen LogP contribution >= 0.6 is 0 Å². The lowest BCUT2D eigenvalue weighted by molar-refractivity contribution is -0.384. The standard InChI is InChI=1S/C12H16N2O2/c1-9-6-7-11(12(8-9)14(15)16)13-10-4-2-3-5-10/h6-8,10,13H,2-5H2,1H3. The van der Waals surface area contributed by atoms with E-state index in [0.717, 1.165) is 18.4 Å². The summed E-state index contributed by atoms with van der Waals surface area (Å²) in [6.45, 7) is 1.87. The van der Waals surface area contributed by atoms with Crippen LogP contribution in [0, 0.1) is 17.0 Å². The second-order valence-corrected chi connectivity index (χ2v) is 4.40. The lowest BCUT2D eigenvalue weighted by Gasteiger charge is -2.13. The molecule has 1 aromatic carbocycles. The summed E-state index contributed by atoms with van der Waals surface area (Å²) in [7, 11) is 0. The number of nitrogens with one attached hydrogen (secondary N) is 1. The van der Waals surface area contributed by atoms with Gasteiger partial charge in [-0.05, 0) is 31.4 Å². The fourth-order valence-corrected chi connectivity index (χ4v) is 2.20. The number of benzene rings is 1. The topological polar surface area (TPSA) is 55.2 Å². The third-order valence-corrected chi connectivity index (χ3v) is 3.06. The predicted octanol–water partition coefficient (Wildman–Crippen LogP) is 3.26. The molecule has 0 saturated heterocycles. The number of aryl methyl sites for hydroxylation is 1. The molecule has 0 aliphatic heterocycles. The maximum atomic E-state index is 10.9. The summed E-state index contributed by atoms with van der Waals surface area (Å²) >= 11 is 0. The molecule has 16 heavy (non-hydrogen) atoms. The summed E-state index contributed by atoms with van der Waals surface area (Å²) in [5, 5.41) is 14.2. The van der Waals surface area contributed by atoms with Crippen molar-refractivity contribution in [2.45, 2.75) is 38.6 Å². The molecule has 2 rings (SSSR count). The number of hydrogen-bond acceptors (Lipinski definition) is 3. The Bertz CT molecular complexity index is 398. The van der Waals surface area contributed by atoms with E-state index in [0.29, 0.717) is 11.7 Å². The highest BCUT2D eigenvalue weighted by Gasteiger charge is 2.19. The molecule has 1 saturated carbocycles. The zero-order chi connectivity index (χ0) is 11.5. The first kappa shape index (κ1) is 10.9. The monoisotopic (exact) mass is 220 g/mol. The fraction of sp³-hybridized carbons (Fsp3) is 0.500. The second kappa shape index (κ2) is 4.51. The molecule has 4 heteroatoms. The molecule has 86 valence electrons. The van der Waals surface area contributed by atoms with Gasteiger partial charge in [0.25, 0.3) is 5.69 Å². The molecule has 0 bridgehead atoms. The van der Waals surface area contributed by atoms with Gasteiger partial charge in [0.15, 0.2) is 0 Å². The van der Waals surface area contributed by atoms with Crippen LogP contribution < -0.4 is 5.32 Å². The molecular weight excluding hydrogens is 204 g/mol. The largest absolute Gasteiger partial charge is 0.377 e. The summed E-state index contributed by atoms with van der Waals surface area (Å²) in [4.78, 5) is 10.6. The van der Waals surface area contributed by atoms with Gasteiger partial charge in [0.1, 0.15) is 5.69 Å². The van der Waals surface area contributed by atoms with E-state index in [9.17, 15) is 10.1 Å². The fourth-order valence-electron chi connectivity index (χ4n) is 2.20. The third kappa shape index (κ3) is 2.32. The molecule has 0 radical (unpaired) electrons. The van der Waals surface area contributed by atoms with Crippen LogP contribution in [-0.2, 0) is 0 Å². The summed E-state index contributed by atoms with van der Waals surface area (Å²) < 4.78 is 0. The van der Waals surface area contributed by atoms with Crippen LogP contribution in [0.5, 0.6) is 0 Å². The maximum Gasteiger partial charge on any atom is 0.292 e. The van der Waals surface area contributed by atoms with Crippen molar-refractivity contribution in [2.75, 3.05) is 5.32 Å². The molecule has 1 aliphatic rings. The number of hydrogen-bond donors (Lipinski definition) is 1. The van der Waals surface area contributed by atoms with E-state index in [1.54, 1.807) is 6.07 Å². The normalized spacial score (nSPS) is 16.3. The van der Waals surface area contributed by atoms with Crippen molar-refractivity contribution >= 4 is 11.4 Å². The van der Waals surface area contributed by atoms with E-state index in [-0.39, 0.29) is 10.6 Å². The van der Waals surface area contributed by atoms with Crippen molar-refractivity contribution in [3.63, 3.8) is 0 Å². The van der Waals surface area contributed by atoms with Crippen molar-refractivity contribution in [2.24, 2.45) is 0 Å². The van der Waals surface area contributed by atoms with Gasteiger partial charge in [0.2, 0.25) is 0 Å². The van der Waals surface area contributed by atoms with Crippen LogP contribution in [0.15, 0.2) is 18.2 Å². The smallest absolute Gasteiger partial charge is 0.292 e. The average molecular weight is 220 g/mol. The first-order valence-corrected chi connectivity index (χ1v) is 5.68. The lowest BCUT2D eigenvalue weighted by Crippen LogP contribution is -2.15. The highest BCUT2D eigenvalue weighted by atomic mass is 16.6. The van der Waals surface area contributed by atoms with E-state index in [2.05, 4.69) is 5.32 Å². The molecular formula is C12H16N2O2. The molecule has 1 aromatic rings. The minimum absolute atomic E-state index is 0.187. The Balaban J connectivity index is 2.21. The quantitative estimate of drug-likeness (QED) is 0.628. The van der Waals surface area contributed by atoms with Crippen molar-refractivity contribution in [3.05, 3.63) is 33.9 Å². The SMILES string of the molecule is Cc1ccc(NC2CCCC2)c([N+](=O)[O-])c1. The number of nitro groups is 1. The maximum absolute atomic E-state index is 10.9. The molecule has 0 atom stereocenters. The van der Waals surface area contributed by atoms with E-state index in [4.69, 9.17) is 0 Å². The first-order chi connectivity index (χ1) is 7.66. The van der Waals surface area contributed by atoms with Crippen LogP contribution in [0.3, 0.4) is 0 Å². The van der Waals surface area contributed by atoms with Crippen molar-refractivity contribution in [1.82, 2.24) is 0 Å². The first-order valence-electron chi connectivity index (χ1n) is 5.68. The van der Waals surface area contributed by atoms with Gasteiger partial charge in [0.05, 0.1) is 4.92 Å². The minimum Gasteiger partial charge on any atom is -0.377 e. The lowest BCUT2D eigenvalue weighted by atomic mass is 10.1. The Kier molecular flexibility index (Phi) is 3.08. The molecule has 0 aromatic heterocycles. The van der Waals surface area contributed by atoms with Crippen LogP contribution in [0.25, 0.3) is 0 Å². The average Bonchev–Trinajstić information content (AvgIpc) is 2.73. The number of nitrogens with zero attached hydrogens (tertiary/aromatic N) is 1. The van der Waals surface area contributed by atoms with Crippen molar-refractivity contribution in [3.8, 4) is 0 Å². The summed E-state index contributed by atoms with van der Waals surface area (Å²) in [5.41, 5.74) is 1.76. The zero-order valence-corrected chi connectivity index (χ0v) is 9.40. The Morgan fingerprint density at radius 1 is 1.38 bits per heavy atom. The van der Waals surface area contributed by atoms with E-state index >= 15 is 0 Å². The summed E-state index contributed by atoms with van der Waals surface area (Å²) in [6.07, 6.45) is 4.67. The van der Waals surface area contributed by atoms with Crippen LogP contribution in [0.1, 0.15) is 31.2 Å². The van der Waals surface area contributed by atoms with Gasteiger partial charge in [-0.1, -0.05) is 18.9 Å². The van der Waals surface area contributed by atoms with Gasteiger partial charge < -0.3 is 5.32 Å². The van der Waals surface area contributed by atoms with E-state index in [1.165, 1.54) is 12.8 Å². The van der Waals surface area contributed by atoms with E-state index < -0.39 is 0 Å². The Labute approximate surface area is 94.8 Å². The van der Waals surface area contributed by atoms with Gasteiger partial charge in [-0.25, -0.2) is 0 Å². The minimum atomic E-state index is -0.315. The highest BCUT2D eigenvalue weighted by molar-refractivity contribution is 5.63. The number of anilines is 1. The highest BCUT2D eigenvalue weighted by Crippen LogP contribution is 2.29. The molecule has 0 amide bonds. The molecule has 1 N–H and O–H groups in total. The van der Waals surface area contributed by atoms with Crippen LogP contribution in [0.4, 0.5) is 11.4 Å². The Hall–Kier alpha value is -1.58. The van der Waals surface area contributed by atoms with E-state index in [1.807, 2.05) is 19.1 Å². The number of nitro benzene ring substituents is 1.